The molecule has 0 aliphatic heterocycles. The van der Waals surface area contributed by atoms with Crippen LogP contribution in [0, 0.1) is 6.92 Å². The summed E-state index contributed by atoms with van der Waals surface area (Å²) in [6, 6.07) is 20.6. The molecule has 0 N–H and O–H groups in total. The number of hydrogen-bond acceptors (Lipinski definition) is 2. The summed E-state index contributed by atoms with van der Waals surface area (Å²) in [6.45, 7) is 2.17. The van der Waals surface area contributed by atoms with Crippen LogP contribution in [0.2, 0.25) is 5.02 Å². The van der Waals surface area contributed by atoms with Crippen LogP contribution >= 0.6 is 11.6 Å². The van der Waals surface area contributed by atoms with E-state index in [1.54, 1.807) is 6.20 Å². The molecule has 0 atom stereocenters. The van der Waals surface area contributed by atoms with E-state index in [9.17, 15) is 0 Å². The fourth-order valence-electron chi connectivity index (χ4n) is 3.22. The number of hydrogen-bond donors (Lipinski definition) is 0. The average molecular weight is 345 g/mol. The molecular weight excluding hydrogens is 328 g/mol. The largest absolute Gasteiger partial charge is 0.259 e. The predicted molar refractivity (Wildman–Crippen MR) is 104 cm³/mol. The van der Waals surface area contributed by atoms with Crippen LogP contribution < -0.4 is 0 Å². The lowest BCUT2D eigenvalue weighted by molar-refractivity contribution is 1.07. The Bertz CT molecular complexity index is 1040. The van der Waals surface area contributed by atoms with Crippen molar-refractivity contribution in [3.8, 4) is 11.1 Å². The molecule has 0 radical (unpaired) electrons. The van der Waals surface area contributed by atoms with Crippen molar-refractivity contribution in [2.75, 3.05) is 0 Å². The molecule has 0 aliphatic carbocycles. The molecule has 122 valence electrons. The van der Waals surface area contributed by atoms with E-state index in [4.69, 9.17) is 11.6 Å². The minimum Gasteiger partial charge on any atom is -0.259 e. The highest BCUT2D eigenvalue weighted by Gasteiger charge is 2.11. The van der Waals surface area contributed by atoms with Gasteiger partial charge in [-0.15, -0.1) is 0 Å². The van der Waals surface area contributed by atoms with Gasteiger partial charge in [0.2, 0.25) is 0 Å². The van der Waals surface area contributed by atoms with Gasteiger partial charge in [0.25, 0.3) is 0 Å². The van der Waals surface area contributed by atoms with Crippen molar-refractivity contribution in [3.05, 3.63) is 94.9 Å². The van der Waals surface area contributed by atoms with Gasteiger partial charge in [-0.25, -0.2) is 0 Å². The van der Waals surface area contributed by atoms with Crippen molar-refractivity contribution in [1.29, 1.82) is 0 Å². The summed E-state index contributed by atoms with van der Waals surface area (Å²) in [7, 11) is 0. The summed E-state index contributed by atoms with van der Waals surface area (Å²) in [5, 5.41) is 1.66. The van der Waals surface area contributed by atoms with Crippen LogP contribution in [0.3, 0.4) is 0 Å². The number of fused-ring (bicyclic) bond motifs is 1. The second-order valence-corrected chi connectivity index (χ2v) is 6.49. The molecule has 0 bridgehead atoms. The summed E-state index contributed by atoms with van der Waals surface area (Å²) >= 11 is 6.30. The number of aromatic nitrogens is 2. The van der Waals surface area contributed by atoms with Crippen LogP contribution in [-0.4, -0.2) is 9.97 Å². The maximum atomic E-state index is 6.30. The van der Waals surface area contributed by atoms with Gasteiger partial charge in [0.1, 0.15) is 0 Å². The first-order valence-corrected chi connectivity index (χ1v) is 8.64. The van der Waals surface area contributed by atoms with Crippen molar-refractivity contribution < 1.29 is 0 Å². The maximum Gasteiger partial charge on any atom is 0.0935 e. The number of pyridine rings is 2. The molecule has 2 aromatic heterocycles. The molecule has 2 aromatic carbocycles. The van der Waals surface area contributed by atoms with Gasteiger partial charge in [-0.1, -0.05) is 60.1 Å². The Labute approximate surface area is 152 Å². The molecule has 3 heteroatoms. The molecule has 4 aromatic rings. The Morgan fingerprint density at radius 3 is 2.48 bits per heavy atom. The minimum atomic E-state index is 0.711. The normalized spacial score (nSPS) is 11.0. The van der Waals surface area contributed by atoms with Crippen molar-refractivity contribution >= 4 is 22.5 Å². The number of halogens is 1. The van der Waals surface area contributed by atoms with E-state index in [0.717, 1.165) is 23.0 Å². The van der Waals surface area contributed by atoms with Gasteiger partial charge >= 0.3 is 0 Å². The highest BCUT2D eigenvalue weighted by molar-refractivity contribution is 6.35. The molecule has 25 heavy (non-hydrogen) atoms. The van der Waals surface area contributed by atoms with E-state index in [1.165, 1.54) is 22.3 Å². The minimum absolute atomic E-state index is 0.711. The molecule has 4 rings (SSSR count). The molecule has 0 unspecified atom stereocenters. The summed E-state index contributed by atoms with van der Waals surface area (Å²) in [6.07, 6.45) is 4.28. The highest BCUT2D eigenvalue weighted by atomic mass is 35.5. The second-order valence-electron chi connectivity index (χ2n) is 6.08. The molecule has 0 spiro atoms. The van der Waals surface area contributed by atoms with Crippen LogP contribution in [0.1, 0.15) is 16.8 Å². The fourth-order valence-corrected chi connectivity index (χ4v) is 3.43. The van der Waals surface area contributed by atoms with Gasteiger partial charge in [0, 0.05) is 24.2 Å². The van der Waals surface area contributed by atoms with Crippen molar-refractivity contribution in [2.24, 2.45) is 0 Å². The van der Waals surface area contributed by atoms with Crippen LogP contribution in [0.25, 0.3) is 22.0 Å². The van der Waals surface area contributed by atoms with Crippen molar-refractivity contribution in [2.45, 2.75) is 13.3 Å². The van der Waals surface area contributed by atoms with Gasteiger partial charge in [-0.05, 0) is 41.3 Å². The summed E-state index contributed by atoms with van der Waals surface area (Å²) < 4.78 is 0. The van der Waals surface area contributed by atoms with E-state index in [1.807, 2.05) is 24.4 Å². The van der Waals surface area contributed by atoms with Crippen LogP contribution in [0.15, 0.2) is 73.1 Å². The molecular formula is C22H17ClN2. The third-order valence-electron chi connectivity index (χ3n) is 4.57. The number of nitrogens with zero attached hydrogens (tertiary/aromatic N) is 2. The van der Waals surface area contributed by atoms with Crippen molar-refractivity contribution in [1.82, 2.24) is 9.97 Å². The van der Waals surface area contributed by atoms with Crippen LogP contribution in [-0.2, 0) is 6.42 Å². The number of benzene rings is 2. The van der Waals surface area contributed by atoms with E-state index in [2.05, 4.69) is 59.4 Å². The third-order valence-corrected chi connectivity index (χ3v) is 4.90. The van der Waals surface area contributed by atoms with Crippen LogP contribution in [0.5, 0.6) is 0 Å². The topological polar surface area (TPSA) is 25.8 Å². The zero-order valence-electron chi connectivity index (χ0n) is 13.9. The molecule has 0 aliphatic rings. The first kappa shape index (κ1) is 15.8. The highest BCUT2D eigenvalue weighted by Crippen LogP contribution is 2.28. The Morgan fingerprint density at radius 2 is 1.64 bits per heavy atom. The first-order chi connectivity index (χ1) is 12.2. The van der Waals surface area contributed by atoms with E-state index in [-0.39, 0.29) is 0 Å². The lowest BCUT2D eigenvalue weighted by Crippen LogP contribution is -1.99. The summed E-state index contributed by atoms with van der Waals surface area (Å²) in [5.74, 6) is 0. The SMILES string of the molecule is Cc1c(Cc2nccc3c(Cl)ccnc23)cccc1-c1ccccc1. The maximum absolute atomic E-state index is 6.30. The Morgan fingerprint density at radius 1 is 0.840 bits per heavy atom. The molecule has 2 heterocycles. The lowest BCUT2D eigenvalue weighted by Gasteiger charge is -2.12. The molecule has 0 amide bonds. The Balaban J connectivity index is 1.79. The average Bonchev–Trinajstić information content (AvgIpc) is 2.65. The summed E-state index contributed by atoms with van der Waals surface area (Å²) in [4.78, 5) is 9.07. The van der Waals surface area contributed by atoms with Gasteiger partial charge < -0.3 is 0 Å². The second kappa shape index (κ2) is 6.66. The standard InChI is InChI=1S/C22H17ClN2/c1-15-17(8-5-9-18(15)16-6-3-2-4-7-16)14-21-22-19(10-12-24-21)20(23)11-13-25-22/h2-13H,14H2,1H3. The quantitative estimate of drug-likeness (QED) is 0.466. The van der Waals surface area contributed by atoms with Crippen LogP contribution in [0.4, 0.5) is 0 Å². The number of rotatable bonds is 3. The van der Waals surface area contributed by atoms with Gasteiger partial charge in [-0.2, -0.15) is 0 Å². The zero-order chi connectivity index (χ0) is 17.2. The molecule has 0 saturated carbocycles. The molecule has 0 fully saturated rings. The van der Waals surface area contributed by atoms with Gasteiger partial charge in [0.05, 0.1) is 16.2 Å². The lowest BCUT2D eigenvalue weighted by atomic mass is 9.94. The Hall–Kier alpha value is -2.71. The predicted octanol–water partition coefficient (Wildman–Crippen LogP) is 5.85. The van der Waals surface area contributed by atoms with Gasteiger partial charge in [0.15, 0.2) is 0 Å². The third kappa shape index (κ3) is 3.01. The van der Waals surface area contributed by atoms with E-state index < -0.39 is 0 Å². The Kier molecular flexibility index (Phi) is 4.21. The summed E-state index contributed by atoms with van der Waals surface area (Å²) in [5.41, 5.74) is 6.84. The first-order valence-electron chi connectivity index (χ1n) is 8.26. The smallest absolute Gasteiger partial charge is 0.0935 e. The van der Waals surface area contributed by atoms with E-state index >= 15 is 0 Å². The fraction of sp³-hybridized carbons (Fsp3) is 0.0909. The van der Waals surface area contributed by atoms with Crippen molar-refractivity contribution in [3.63, 3.8) is 0 Å². The van der Waals surface area contributed by atoms with Gasteiger partial charge in [-0.3, -0.25) is 9.97 Å². The molecule has 0 saturated heterocycles. The monoisotopic (exact) mass is 344 g/mol. The zero-order valence-corrected chi connectivity index (χ0v) is 14.7. The molecule has 2 nitrogen and oxygen atoms in total. The van der Waals surface area contributed by atoms with E-state index in [0.29, 0.717) is 5.02 Å².